The lowest BCUT2D eigenvalue weighted by atomic mass is 10.1. The first-order chi connectivity index (χ1) is 11.7. The normalized spacial score (nSPS) is 14.6. The molecule has 24 heavy (non-hydrogen) atoms. The van der Waals surface area contributed by atoms with Crippen molar-refractivity contribution in [3.05, 3.63) is 47.4 Å². The molecule has 0 aliphatic carbocycles. The van der Waals surface area contributed by atoms with E-state index in [9.17, 15) is 0 Å². The van der Waals surface area contributed by atoms with E-state index in [1.807, 2.05) is 25.3 Å². The standard InChI is InChI=1S/C17H19N7/c1-11-3-4-14-16(22-11)17(21-10-20-14)19-8-15-18-7-12-9-24(2)6-5-13(12)23-15/h3-4,7,10H,5-6,8-9H2,1-2H3,(H,19,20,21). The van der Waals surface area contributed by atoms with Crippen molar-refractivity contribution in [2.24, 2.45) is 0 Å². The lowest BCUT2D eigenvalue weighted by Gasteiger charge is -2.23. The lowest BCUT2D eigenvalue weighted by molar-refractivity contribution is 0.308. The summed E-state index contributed by atoms with van der Waals surface area (Å²) in [7, 11) is 2.12. The molecule has 0 radical (unpaired) electrons. The first-order valence-electron chi connectivity index (χ1n) is 8.03. The van der Waals surface area contributed by atoms with E-state index >= 15 is 0 Å². The molecule has 0 saturated heterocycles. The second-order valence-electron chi connectivity index (χ2n) is 6.14. The molecule has 7 nitrogen and oxygen atoms in total. The van der Waals surface area contributed by atoms with Crippen LogP contribution in [-0.4, -0.2) is 43.4 Å². The van der Waals surface area contributed by atoms with Crippen LogP contribution in [0.15, 0.2) is 24.7 Å². The molecule has 0 saturated carbocycles. The van der Waals surface area contributed by atoms with E-state index in [0.29, 0.717) is 12.4 Å². The van der Waals surface area contributed by atoms with Gasteiger partial charge in [-0.05, 0) is 26.1 Å². The summed E-state index contributed by atoms with van der Waals surface area (Å²) in [5, 5.41) is 3.30. The van der Waals surface area contributed by atoms with E-state index in [-0.39, 0.29) is 0 Å². The van der Waals surface area contributed by atoms with Crippen LogP contribution < -0.4 is 5.32 Å². The average molecular weight is 321 g/mol. The highest BCUT2D eigenvalue weighted by molar-refractivity contribution is 5.84. The predicted octanol–water partition coefficient (Wildman–Crippen LogP) is 1.72. The van der Waals surface area contributed by atoms with Crippen LogP contribution >= 0.6 is 0 Å². The van der Waals surface area contributed by atoms with E-state index in [0.717, 1.165) is 47.8 Å². The lowest BCUT2D eigenvalue weighted by Crippen LogP contribution is -2.28. The second kappa shape index (κ2) is 6.09. The van der Waals surface area contributed by atoms with Crippen molar-refractivity contribution in [2.75, 3.05) is 18.9 Å². The Morgan fingerprint density at radius 3 is 3.00 bits per heavy atom. The van der Waals surface area contributed by atoms with Gasteiger partial charge in [-0.15, -0.1) is 0 Å². The molecule has 4 rings (SSSR count). The minimum atomic E-state index is 0.519. The number of rotatable bonds is 3. The summed E-state index contributed by atoms with van der Waals surface area (Å²) in [6.45, 7) is 4.43. The van der Waals surface area contributed by atoms with E-state index in [4.69, 9.17) is 4.98 Å². The fourth-order valence-corrected chi connectivity index (χ4v) is 2.91. The van der Waals surface area contributed by atoms with Gasteiger partial charge in [-0.1, -0.05) is 0 Å². The summed E-state index contributed by atoms with van der Waals surface area (Å²) >= 11 is 0. The van der Waals surface area contributed by atoms with Crippen LogP contribution in [0.3, 0.4) is 0 Å². The zero-order valence-corrected chi connectivity index (χ0v) is 13.8. The fraction of sp³-hybridized carbons (Fsp3) is 0.353. The first kappa shape index (κ1) is 14.9. The molecular formula is C17H19N7. The predicted molar refractivity (Wildman–Crippen MR) is 91.5 cm³/mol. The van der Waals surface area contributed by atoms with Gasteiger partial charge in [0.2, 0.25) is 0 Å². The van der Waals surface area contributed by atoms with Crippen molar-refractivity contribution >= 4 is 16.9 Å². The molecule has 0 amide bonds. The Balaban J connectivity index is 1.56. The number of aromatic nitrogens is 5. The minimum absolute atomic E-state index is 0.519. The Labute approximate surface area is 140 Å². The number of hydrogen-bond acceptors (Lipinski definition) is 7. The maximum atomic E-state index is 4.70. The molecule has 0 bridgehead atoms. The maximum absolute atomic E-state index is 4.70. The van der Waals surface area contributed by atoms with Crippen LogP contribution in [0.1, 0.15) is 22.8 Å². The molecule has 1 aliphatic heterocycles. The third kappa shape index (κ3) is 2.90. The zero-order chi connectivity index (χ0) is 16.5. The molecule has 7 heteroatoms. The molecule has 0 fully saturated rings. The van der Waals surface area contributed by atoms with Gasteiger partial charge in [0.15, 0.2) is 5.82 Å². The van der Waals surface area contributed by atoms with Crippen LogP contribution in [0.25, 0.3) is 11.0 Å². The summed E-state index contributed by atoms with van der Waals surface area (Å²) in [6.07, 6.45) is 4.46. The van der Waals surface area contributed by atoms with E-state index < -0.39 is 0 Å². The van der Waals surface area contributed by atoms with Gasteiger partial charge in [0.1, 0.15) is 17.7 Å². The number of nitrogens with zero attached hydrogens (tertiary/aromatic N) is 6. The fourth-order valence-electron chi connectivity index (χ4n) is 2.91. The number of likely N-dealkylation sites (N-methyl/N-ethyl adjacent to an activating group) is 1. The molecule has 1 aliphatic rings. The summed E-state index contributed by atoms with van der Waals surface area (Å²) in [5.41, 5.74) is 4.91. The molecule has 4 heterocycles. The van der Waals surface area contributed by atoms with Gasteiger partial charge in [-0.3, -0.25) is 0 Å². The van der Waals surface area contributed by atoms with Crippen LogP contribution in [0, 0.1) is 6.92 Å². The summed E-state index contributed by atoms with van der Waals surface area (Å²) < 4.78 is 0. The van der Waals surface area contributed by atoms with Gasteiger partial charge in [-0.25, -0.2) is 24.9 Å². The van der Waals surface area contributed by atoms with Gasteiger partial charge >= 0.3 is 0 Å². The Bertz CT molecular complexity index is 893. The molecule has 0 aromatic carbocycles. The molecule has 0 unspecified atom stereocenters. The average Bonchev–Trinajstić information content (AvgIpc) is 2.60. The van der Waals surface area contributed by atoms with Crippen molar-refractivity contribution in [1.82, 2.24) is 29.8 Å². The van der Waals surface area contributed by atoms with Crippen LogP contribution in [0.4, 0.5) is 5.82 Å². The van der Waals surface area contributed by atoms with Gasteiger partial charge in [-0.2, -0.15) is 0 Å². The first-order valence-corrected chi connectivity index (χ1v) is 8.03. The Kier molecular flexibility index (Phi) is 3.78. The van der Waals surface area contributed by atoms with E-state index in [2.05, 4.69) is 37.2 Å². The highest BCUT2D eigenvalue weighted by Gasteiger charge is 2.15. The minimum Gasteiger partial charge on any atom is -0.361 e. The third-order valence-electron chi connectivity index (χ3n) is 4.21. The SMILES string of the molecule is Cc1ccc2ncnc(NCc3ncc4c(n3)CCN(C)C4)c2n1. The van der Waals surface area contributed by atoms with Crippen molar-refractivity contribution < 1.29 is 0 Å². The maximum Gasteiger partial charge on any atom is 0.156 e. The van der Waals surface area contributed by atoms with Crippen molar-refractivity contribution in [3.63, 3.8) is 0 Å². The van der Waals surface area contributed by atoms with Crippen LogP contribution in [0.2, 0.25) is 0 Å². The third-order valence-corrected chi connectivity index (χ3v) is 4.21. The molecule has 122 valence electrons. The number of anilines is 1. The van der Waals surface area contributed by atoms with Gasteiger partial charge in [0.05, 0.1) is 12.1 Å². The molecule has 1 N–H and O–H groups in total. The number of hydrogen-bond donors (Lipinski definition) is 1. The number of nitrogens with one attached hydrogen (secondary N) is 1. The molecular weight excluding hydrogens is 302 g/mol. The van der Waals surface area contributed by atoms with Crippen molar-refractivity contribution in [1.29, 1.82) is 0 Å². The second-order valence-corrected chi connectivity index (χ2v) is 6.14. The topological polar surface area (TPSA) is 79.7 Å². The van der Waals surface area contributed by atoms with E-state index in [1.165, 1.54) is 5.56 Å². The Hall–Kier alpha value is -2.67. The molecule has 3 aromatic rings. The molecule has 0 atom stereocenters. The number of aryl methyl sites for hydroxylation is 1. The van der Waals surface area contributed by atoms with Crippen molar-refractivity contribution in [3.8, 4) is 0 Å². The Morgan fingerprint density at radius 1 is 1.17 bits per heavy atom. The van der Waals surface area contributed by atoms with Crippen molar-refractivity contribution in [2.45, 2.75) is 26.4 Å². The molecule has 3 aromatic heterocycles. The van der Waals surface area contributed by atoms with Gasteiger partial charge < -0.3 is 10.2 Å². The smallest absolute Gasteiger partial charge is 0.156 e. The summed E-state index contributed by atoms with van der Waals surface area (Å²) in [4.78, 5) is 24.6. The quantitative estimate of drug-likeness (QED) is 0.787. The number of fused-ring (bicyclic) bond motifs is 2. The van der Waals surface area contributed by atoms with Gasteiger partial charge in [0.25, 0.3) is 0 Å². The van der Waals surface area contributed by atoms with Crippen LogP contribution in [0.5, 0.6) is 0 Å². The Morgan fingerprint density at radius 2 is 2.08 bits per heavy atom. The summed E-state index contributed by atoms with van der Waals surface area (Å²) in [5.74, 6) is 1.49. The monoisotopic (exact) mass is 321 g/mol. The van der Waals surface area contributed by atoms with Gasteiger partial charge in [0, 0.05) is 42.7 Å². The highest BCUT2D eigenvalue weighted by Crippen LogP contribution is 2.18. The highest BCUT2D eigenvalue weighted by atomic mass is 15.1. The van der Waals surface area contributed by atoms with E-state index in [1.54, 1.807) is 6.33 Å². The van der Waals surface area contributed by atoms with Crippen LogP contribution in [-0.2, 0) is 19.5 Å². The molecule has 0 spiro atoms. The summed E-state index contributed by atoms with van der Waals surface area (Å²) in [6, 6.07) is 3.90. The largest absolute Gasteiger partial charge is 0.361 e. The zero-order valence-electron chi connectivity index (χ0n) is 13.8. The number of pyridine rings is 1.